The van der Waals surface area contributed by atoms with E-state index >= 15 is 0 Å². The topological polar surface area (TPSA) is 60.9 Å². The molecule has 1 atom stereocenters. The van der Waals surface area contributed by atoms with Crippen molar-refractivity contribution in [3.05, 3.63) is 12.7 Å². The summed E-state index contributed by atoms with van der Waals surface area (Å²) in [7, 11) is 0. The Kier molecular flexibility index (Phi) is 3.03. The largest absolute Gasteiger partial charge is 0.465 e. The Hall–Kier alpha value is -1.66. The fraction of sp³-hybridized carbons (Fsp3) is 0.667. The molecular formula is C12H16F2N2O3. The summed E-state index contributed by atoms with van der Waals surface area (Å²) < 4.78 is 28.8. The summed E-state index contributed by atoms with van der Waals surface area (Å²) in [5.41, 5.74) is -1.29. The first-order valence-corrected chi connectivity index (χ1v) is 6.04. The first-order chi connectivity index (χ1) is 8.75. The van der Waals surface area contributed by atoms with E-state index in [1.807, 2.05) is 0 Å². The Balaban J connectivity index is 2.16. The highest BCUT2D eigenvalue weighted by Gasteiger charge is 2.66. The molecule has 2 fully saturated rings. The molecule has 19 heavy (non-hydrogen) atoms. The van der Waals surface area contributed by atoms with Gasteiger partial charge in [-0.05, 0) is 19.4 Å². The van der Waals surface area contributed by atoms with Gasteiger partial charge in [0.2, 0.25) is 5.91 Å². The van der Waals surface area contributed by atoms with Crippen LogP contribution in [0.1, 0.15) is 13.3 Å². The number of likely N-dealkylation sites (tertiary alicyclic amines) is 2. The molecule has 0 radical (unpaired) electrons. The van der Waals surface area contributed by atoms with Crippen LogP contribution in [0.3, 0.4) is 0 Å². The highest BCUT2D eigenvalue weighted by molar-refractivity contribution is 5.87. The molecular weight excluding hydrogens is 258 g/mol. The van der Waals surface area contributed by atoms with E-state index in [2.05, 4.69) is 6.58 Å². The van der Waals surface area contributed by atoms with E-state index in [0.29, 0.717) is 0 Å². The standard InChI is InChI=1S/C12H16F2N2O3/c1-3-9(17)15-6-11(7-15)4-5-16(10(18)19)8(2)12(11,13)14/h3,8H,1,4-7H2,2H3,(H,18,19)/t8-/m1/s1. The van der Waals surface area contributed by atoms with Crippen molar-refractivity contribution < 1.29 is 23.5 Å². The number of amides is 2. The number of nitrogens with zero attached hydrogens (tertiary/aromatic N) is 2. The van der Waals surface area contributed by atoms with E-state index in [4.69, 9.17) is 5.11 Å². The van der Waals surface area contributed by atoms with Gasteiger partial charge in [-0.15, -0.1) is 0 Å². The minimum atomic E-state index is -3.14. The number of hydrogen-bond donors (Lipinski definition) is 1. The highest BCUT2D eigenvalue weighted by atomic mass is 19.3. The monoisotopic (exact) mass is 274 g/mol. The van der Waals surface area contributed by atoms with Gasteiger partial charge in [-0.1, -0.05) is 6.58 Å². The van der Waals surface area contributed by atoms with Crippen LogP contribution in [-0.4, -0.2) is 58.5 Å². The molecule has 2 saturated heterocycles. The molecule has 2 rings (SSSR count). The molecule has 1 spiro atoms. The minimum absolute atomic E-state index is 0.0390. The quantitative estimate of drug-likeness (QED) is 0.735. The lowest BCUT2D eigenvalue weighted by molar-refractivity contribution is -0.238. The van der Waals surface area contributed by atoms with Gasteiger partial charge < -0.3 is 10.0 Å². The van der Waals surface area contributed by atoms with Crippen LogP contribution in [0.25, 0.3) is 0 Å². The van der Waals surface area contributed by atoms with Crippen LogP contribution in [0.5, 0.6) is 0 Å². The number of rotatable bonds is 1. The zero-order chi connectivity index (χ0) is 14.4. The van der Waals surface area contributed by atoms with Crippen LogP contribution >= 0.6 is 0 Å². The average Bonchev–Trinajstić information content (AvgIpc) is 2.28. The lowest BCUT2D eigenvalue weighted by atomic mass is 9.66. The molecule has 5 nitrogen and oxygen atoms in total. The molecule has 2 aliphatic heterocycles. The van der Waals surface area contributed by atoms with Crippen LogP contribution in [0.2, 0.25) is 0 Å². The third kappa shape index (κ3) is 1.79. The summed E-state index contributed by atoms with van der Waals surface area (Å²) in [6.07, 6.45) is -0.168. The number of piperidine rings is 1. The van der Waals surface area contributed by atoms with E-state index in [9.17, 15) is 18.4 Å². The molecule has 0 bridgehead atoms. The summed E-state index contributed by atoms with van der Waals surface area (Å²) in [5, 5.41) is 8.89. The summed E-state index contributed by atoms with van der Waals surface area (Å²) in [6.45, 7) is 4.53. The molecule has 2 amide bonds. The number of alkyl halides is 2. The molecule has 0 aromatic carbocycles. The number of carboxylic acid groups (broad SMARTS) is 1. The molecule has 7 heteroatoms. The van der Waals surface area contributed by atoms with Gasteiger partial charge in [0, 0.05) is 19.6 Å². The van der Waals surface area contributed by atoms with Gasteiger partial charge in [0.25, 0.3) is 5.92 Å². The van der Waals surface area contributed by atoms with E-state index < -0.39 is 23.5 Å². The number of carbonyl (C=O) groups excluding carboxylic acids is 1. The Morgan fingerprint density at radius 1 is 1.42 bits per heavy atom. The molecule has 0 saturated carbocycles. The van der Waals surface area contributed by atoms with E-state index in [-0.39, 0.29) is 32.0 Å². The molecule has 1 N–H and O–H groups in total. The Bertz CT molecular complexity index is 433. The fourth-order valence-electron chi connectivity index (χ4n) is 2.93. The maximum absolute atomic E-state index is 14.4. The van der Waals surface area contributed by atoms with Gasteiger partial charge >= 0.3 is 6.09 Å². The maximum Gasteiger partial charge on any atom is 0.407 e. The second kappa shape index (κ2) is 4.18. The zero-order valence-electron chi connectivity index (χ0n) is 10.6. The van der Waals surface area contributed by atoms with Crippen molar-refractivity contribution in [1.29, 1.82) is 0 Å². The first-order valence-electron chi connectivity index (χ1n) is 6.04. The molecule has 106 valence electrons. The molecule has 0 unspecified atom stereocenters. The lowest BCUT2D eigenvalue weighted by Crippen LogP contribution is -2.73. The summed E-state index contributed by atoms with van der Waals surface area (Å²) in [6, 6.07) is -1.38. The first kappa shape index (κ1) is 13.8. The third-order valence-corrected chi connectivity index (χ3v) is 4.25. The predicted molar refractivity (Wildman–Crippen MR) is 63.0 cm³/mol. The molecule has 0 aromatic heterocycles. The van der Waals surface area contributed by atoms with Gasteiger partial charge in [0.05, 0.1) is 11.5 Å². The van der Waals surface area contributed by atoms with Crippen LogP contribution in [0.15, 0.2) is 12.7 Å². The lowest BCUT2D eigenvalue weighted by Gasteiger charge is -2.58. The van der Waals surface area contributed by atoms with Crippen molar-refractivity contribution >= 4 is 12.0 Å². The smallest absolute Gasteiger partial charge is 0.407 e. The minimum Gasteiger partial charge on any atom is -0.465 e. The molecule has 0 aromatic rings. The summed E-state index contributed by atoms with van der Waals surface area (Å²) in [5.74, 6) is -3.50. The van der Waals surface area contributed by atoms with Crippen molar-refractivity contribution in [1.82, 2.24) is 9.80 Å². The second-order valence-corrected chi connectivity index (χ2v) is 5.20. The van der Waals surface area contributed by atoms with Crippen molar-refractivity contribution in [2.75, 3.05) is 19.6 Å². The maximum atomic E-state index is 14.4. The Morgan fingerprint density at radius 3 is 2.47 bits per heavy atom. The van der Waals surface area contributed by atoms with Crippen LogP contribution in [0.4, 0.5) is 13.6 Å². The highest BCUT2D eigenvalue weighted by Crippen LogP contribution is 2.52. The summed E-state index contributed by atoms with van der Waals surface area (Å²) in [4.78, 5) is 24.3. The third-order valence-electron chi connectivity index (χ3n) is 4.25. The van der Waals surface area contributed by atoms with Gasteiger partial charge in [-0.25, -0.2) is 13.6 Å². The predicted octanol–water partition coefficient (Wildman–Crippen LogP) is 1.41. The summed E-state index contributed by atoms with van der Waals surface area (Å²) >= 11 is 0. The van der Waals surface area contributed by atoms with Crippen molar-refractivity contribution in [3.63, 3.8) is 0 Å². The Morgan fingerprint density at radius 2 is 2.00 bits per heavy atom. The van der Waals surface area contributed by atoms with Gasteiger partial charge in [0.15, 0.2) is 0 Å². The van der Waals surface area contributed by atoms with E-state index in [0.717, 1.165) is 11.0 Å². The fourth-order valence-corrected chi connectivity index (χ4v) is 2.93. The molecule has 2 aliphatic rings. The van der Waals surface area contributed by atoms with Crippen LogP contribution < -0.4 is 0 Å². The second-order valence-electron chi connectivity index (χ2n) is 5.20. The van der Waals surface area contributed by atoms with Crippen LogP contribution in [0, 0.1) is 5.41 Å². The van der Waals surface area contributed by atoms with Gasteiger partial charge in [-0.2, -0.15) is 0 Å². The van der Waals surface area contributed by atoms with E-state index in [1.165, 1.54) is 11.8 Å². The van der Waals surface area contributed by atoms with E-state index in [1.54, 1.807) is 0 Å². The number of halogens is 2. The SMILES string of the molecule is C=CC(=O)N1CC2(CCN(C(=O)O)[C@H](C)C2(F)F)C1. The van der Waals surface area contributed by atoms with Crippen molar-refractivity contribution in [2.45, 2.75) is 25.3 Å². The number of hydrogen-bond acceptors (Lipinski definition) is 2. The van der Waals surface area contributed by atoms with Crippen LogP contribution in [-0.2, 0) is 4.79 Å². The molecule has 2 heterocycles. The molecule has 0 aliphatic carbocycles. The van der Waals surface area contributed by atoms with Crippen molar-refractivity contribution in [2.24, 2.45) is 5.41 Å². The van der Waals surface area contributed by atoms with Crippen molar-refractivity contribution in [3.8, 4) is 0 Å². The number of carbonyl (C=O) groups is 2. The van der Waals surface area contributed by atoms with Gasteiger partial charge in [0.1, 0.15) is 0 Å². The average molecular weight is 274 g/mol. The zero-order valence-corrected chi connectivity index (χ0v) is 10.6. The Labute approximate surface area is 109 Å². The normalized spacial score (nSPS) is 27.8. The van der Waals surface area contributed by atoms with Gasteiger partial charge in [-0.3, -0.25) is 9.69 Å².